The Morgan fingerprint density at radius 1 is 1.14 bits per heavy atom. The molecule has 0 unspecified atom stereocenters. The second kappa shape index (κ2) is 4.68. The summed E-state index contributed by atoms with van der Waals surface area (Å²) in [5.74, 6) is 0. The van der Waals surface area contributed by atoms with E-state index in [1.165, 1.54) is 16.6 Å². The molecular formula is C18H14ClNO. The summed E-state index contributed by atoms with van der Waals surface area (Å²) in [5, 5.41) is 3.10. The van der Waals surface area contributed by atoms with Crippen LogP contribution in [0.1, 0.15) is 11.1 Å². The molecule has 0 radical (unpaired) electrons. The molecule has 0 aliphatic rings. The van der Waals surface area contributed by atoms with Gasteiger partial charge in [-0.25, -0.2) is 0 Å². The van der Waals surface area contributed by atoms with Gasteiger partial charge < -0.3 is 8.98 Å². The second-order valence-electron chi connectivity index (χ2n) is 5.37. The Labute approximate surface area is 127 Å². The molecule has 4 rings (SSSR count). The Hall–Kier alpha value is -2.19. The van der Waals surface area contributed by atoms with Crippen molar-refractivity contribution in [2.45, 2.75) is 6.42 Å². The van der Waals surface area contributed by atoms with Crippen LogP contribution < -0.4 is 0 Å². The van der Waals surface area contributed by atoms with Crippen LogP contribution >= 0.6 is 11.6 Å². The van der Waals surface area contributed by atoms with E-state index in [0.717, 1.165) is 27.8 Å². The highest BCUT2D eigenvalue weighted by atomic mass is 35.5. The van der Waals surface area contributed by atoms with Crippen molar-refractivity contribution in [2.24, 2.45) is 7.05 Å². The van der Waals surface area contributed by atoms with Crippen LogP contribution in [0.15, 0.2) is 59.3 Å². The maximum atomic E-state index is 6.39. The van der Waals surface area contributed by atoms with E-state index in [2.05, 4.69) is 36.0 Å². The molecule has 104 valence electrons. The van der Waals surface area contributed by atoms with E-state index in [4.69, 9.17) is 16.0 Å². The molecule has 0 amide bonds. The van der Waals surface area contributed by atoms with Gasteiger partial charge in [0.15, 0.2) is 0 Å². The summed E-state index contributed by atoms with van der Waals surface area (Å²) in [7, 11) is 2.06. The molecule has 3 heteroatoms. The zero-order chi connectivity index (χ0) is 14.4. The maximum Gasteiger partial charge on any atom is 0.133 e. The number of nitrogens with zero attached hydrogens (tertiary/aromatic N) is 1. The van der Waals surface area contributed by atoms with E-state index < -0.39 is 0 Å². The lowest BCUT2D eigenvalue weighted by Gasteiger charge is -2.02. The van der Waals surface area contributed by atoms with Gasteiger partial charge in [-0.05, 0) is 47.9 Å². The number of rotatable bonds is 2. The summed E-state index contributed by atoms with van der Waals surface area (Å²) in [6.45, 7) is 0. The highest BCUT2D eigenvalue weighted by molar-refractivity contribution is 6.35. The number of furan rings is 1. The summed E-state index contributed by atoms with van der Waals surface area (Å²) in [5.41, 5.74) is 4.61. The molecule has 2 aromatic heterocycles. The van der Waals surface area contributed by atoms with Gasteiger partial charge in [-0.2, -0.15) is 0 Å². The van der Waals surface area contributed by atoms with Gasteiger partial charge in [0, 0.05) is 29.5 Å². The van der Waals surface area contributed by atoms with Crippen molar-refractivity contribution in [1.82, 2.24) is 4.57 Å². The van der Waals surface area contributed by atoms with E-state index in [0.29, 0.717) is 0 Å². The zero-order valence-corrected chi connectivity index (χ0v) is 12.4. The largest absolute Gasteiger partial charge is 0.464 e. The topological polar surface area (TPSA) is 18.1 Å². The van der Waals surface area contributed by atoms with Crippen molar-refractivity contribution in [2.75, 3.05) is 0 Å². The SMILES string of the molecule is Cn1cc(Cc2ccc3occc3c2)c2c(Cl)cccc21. The van der Waals surface area contributed by atoms with Gasteiger partial charge >= 0.3 is 0 Å². The Morgan fingerprint density at radius 3 is 2.95 bits per heavy atom. The fourth-order valence-electron chi connectivity index (χ4n) is 2.97. The molecule has 0 saturated heterocycles. The van der Waals surface area contributed by atoms with Gasteiger partial charge in [0.1, 0.15) is 5.58 Å². The number of hydrogen-bond acceptors (Lipinski definition) is 1. The van der Waals surface area contributed by atoms with E-state index in [9.17, 15) is 0 Å². The lowest BCUT2D eigenvalue weighted by molar-refractivity contribution is 0.616. The molecule has 0 spiro atoms. The van der Waals surface area contributed by atoms with Crippen LogP contribution in [0.4, 0.5) is 0 Å². The lowest BCUT2D eigenvalue weighted by atomic mass is 10.0. The predicted molar refractivity (Wildman–Crippen MR) is 86.9 cm³/mol. The van der Waals surface area contributed by atoms with Crippen LogP contribution in [-0.2, 0) is 13.5 Å². The predicted octanol–water partition coefficient (Wildman–Crippen LogP) is 5.17. The van der Waals surface area contributed by atoms with Crippen molar-refractivity contribution in [3.8, 4) is 0 Å². The number of benzene rings is 2. The Balaban J connectivity index is 1.83. The van der Waals surface area contributed by atoms with Crippen LogP contribution in [0.5, 0.6) is 0 Å². The van der Waals surface area contributed by atoms with Gasteiger partial charge in [-0.3, -0.25) is 0 Å². The number of halogens is 1. The Morgan fingerprint density at radius 2 is 2.05 bits per heavy atom. The van der Waals surface area contributed by atoms with E-state index in [1.54, 1.807) is 6.26 Å². The molecule has 2 heterocycles. The van der Waals surface area contributed by atoms with E-state index >= 15 is 0 Å². The van der Waals surface area contributed by atoms with Crippen LogP contribution in [0.2, 0.25) is 5.02 Å². The molecule has 2 nitrogen and oxygen atoms in total. The molecular weight excluding hydrogens is 282 g/mol. The molecule has 0 aliphatic heterocycles. The Bertz CT molecular complexity index is 948. The molecule has 0 fully saturated rings. The van der Waals surface area contributed by atoms with Crippen LogP contribution in [-0.4, -0.2) is 4.57 Å². The average molecular weight is 296 g/mol. The van der Waals surface area contributed by atoms with E-state index in [-0.39, 0.29) is 0 Å². The fraction of sp³-hybridized carbons (Fsp3) is 0.111. The number of fused-ring (bicyclic) bond motifs is 2. The zero-order valence-electron chi connectivity index (χ0n) is 11.6. The monoisotopic (exact) mass is 295 g/mol. The normalized spacial score (nSPS) is 11.5. The minimum absolute atomic E-state index is 0.812. The molecule has 0 atom stereocenters. The van der Waals surface area contributed by atoms with E-state index in [1.807, 2.05) is 24.3 Å². The van der Waals surface area contributed by atoms with Gasteiger partial charge in [-0.15, -0.1) is 0 Å². The minimum Gasteiger partial charge on any atom is -0.464 e. The third-order valence-electron chi connectivity index (χ3n) is 3.95. The lowest BCUT2D eigenvalue weighted by Crippen LogP contribution is -1.87. The number of hydrogen-bond donors (Lipinski definition) is 0. The fourth-order valence-corrected chi connectivity index (χ4v) is 3.26. The second-order valence-corrected chi connectivity index (χ2v) is 5.78. The molecule has 0 bridgehead atoms. The standard InChI is InChI=1S/C18H14ClNO/c1-20-11-14(18-15(19)3-2-4-16(18)20)10-12-5-6-17-13(9-12)7-8-21-17/h2-9,11H,10H2,1H3. The minimum atomic E-state index is 0.812. The van der Waals surface area contributed by atoms with Gasteiger partial charge in [-0.1, -0.05) is 23.7 Å². The summed E-state index contributed by atoms with van der Waals surface area (Å²) >= 11 is 6.39. The highest BCUT2D eigenvalue weighted by Gasteiger charge is 2.10. The number of aromatic nitrogens is 1. The molecule has 2 aromatic carbocycles. The maximum absolute atomic E-state index is 6.39. The van der Waals surface area contributed by atoms with Gasteiger partial charge in [0.05, 0.1) is 11.3 Å². The number of aryl methyl sites for hydroxylation is 1. The quantitative estimate of drug-likeness (QED) is 0.499. The third kappa shape index (κ3) is 2.03. The van der Waals surface area contributed by atoms with Crippen molar-refractivity contribution in [1.29, 1.82) is 0 Å². The smallest absolute Gasteiger partial charge is 0.133 e. The van der Waals surface area contributed by atoms with Crippen LogP contribution in [0.25, 0.3) is 21.9 Å². The summed E-state index contributed by atoms with van der Waals surface area (Å²) in [6.07, 6.45) is 4.75. The highest BCUT2D eigenvalue weighted by Crippen LogP contribution is 2.30. The van der Waals surface area contributed by atoms with Crippen molar-refractivity contribution < 1.29 is 4.42 Å². The first-order valence-electron chi connectivity index (χ1n) is 6.91. The first kappa shape index (κ1) is 12.5. The summed E-state index contributed by atoms with van der Waals surface area (Å²) < 4.78 is 7.52. The first-order valence-corrected chi connectivity index (χ1v) is 7.29. The van der Waals surface area contributed by atoms with Crippen molar-refractivity contribution in [3.63, 3.8) is 0 Å². The third-order valence-corrected chi connectivity index (χ3v) is 4.27. The molecule has 0 saturated carbocycles. The summed E-state index contributed by atoms with van der Waals surface area (Å²) in [6, 6.07) is 14.4. The molecule has 0 N–H and O–H groups in total. The van der Waals surface area contributed by atoms with Crippen molar-refractivity contribution in [3.05, 3.63) is 71.1 Å². The summed E-state index contributed by atoms with van der Waals surface area (Å²) in [4.78, 5) is 0. The van der Waals surface area contributed by atoms with Gasteiger partial charge in [0.25, 0.3) is 0 Å². The van der Waals surface area contributed by atoms with Crippen molar-refractivity contribution >= 4 is 33.5 Å². The van der Waals surface area contributed by atoms with Crippen LogP contribution in [0, 0.1) is 0 Å². The van der Waals surface area contributed by atoms with Crippen LogP contribution in [0.3, 0.4) is 0 Å². The first-order chi connectivity index (χ1) is 10.2. The Kier molecular flexibility index (Phi) is 2.79. The molecule has 4 aromatic rings. The average Bonchev–Trinajstić information content (AvgIpc) is 3.05. The molecule has 0 aliphatic carbocycles. The van der Waals surface area contributed by atoms with Gasteiger partial charge in [0.2, 0.25) is 0 Å². The molecule has 21 heavy (non-hydrogen) atoms.